The third-order valence-electron chi connectivity index (χ3n) is 6.85. The Morgan fingerprint density at radius 2 is 1.61 bits per heavy atom. The van der Waals surface area contributed by atoms with Crippen molar-refractivity contribution in [2.24, 2.45) is 11.7 Å². The lowest BCUT2D eigenvalue weighted by molar-refractivity contribution is -0.143. The summed E-state index contributed by atoms with van der Waals surface area (Å²) in [5.74, 6) is -5.22. The van der Waals surface area contributed by atoms with Gasteiger partial charge in [-0.3, -0.25) is 19.2 Å². The van der Waals surface area contributed by atoms with Gasteiger partial charge in [-0.2, -0.15) is 0 Å². The van der Waals surface area contributed by atoms with Crippen molar-refractivity contribution in [2.75, 3.05) is 0 Å². The maximum atomic E-state index is 13.6. The Morgan fingerprint density at radius 3 is 2.24 bits per heavy atom. The van der Waals surface area contributed by atoms with Crippen molar-refractivity contribution < 1.29 is 34.2 Å². The molecule has 0 fully saturated rings. The smallest absolute Gasteiger partial charge is 0.326 e. The Morgan fingerprint density at radius 1 is 0.951 bits per heavy atom. The van der Waals surface area contributed by atoms with E-state index < -0.39 is 60.2 Å². The number of carbonyl (C=O) groups is 5. The number of aliphatic carboxylic acids is 2. The number of carboxylic acid groups (broad SMARTS) is 2. The molecule has 14 heteroatoms. The van der Waals surface area contributed by atoms with Crippen molar-refractivity contribution in [3.63, 3.8) is 0 Å². The predicted octanol–water partition coefficient (Wildman–Crippen LogP) is 0.0633. The molecule has 220 valence electrons. The normalized spacial score (nSPS) is 14.8. The lowest BCUT2D eigenvalue weighted by Gasteiger charge is -2.26. The number of amides is 3. The van der Waals surface area contributed by atoms with Gasteiger partial charge in [0.05, 0.1) is 18.8 Å². The molecule has 2 heterocycles. The Balaban J connectivity index is 1.88. The molecule has 0 aliphatic rings. The topological polar surface area (TPSA) is 232 Å². The molecule has 0 radical (unpaired) electrons. The van der Waals surface area contributed by atoms with Crippen LogP contribution >= 0.6 is 0 Å². The van der Waals surface area contributed by atoms with Crippen LogP contribution in [0.4, 0.5) is 0 Å². The largest absolute Gasteiger partial charge is 0.481 e. The molecule has 3 amide bonds. The number of rotatable bonds is 15. The molecule has 1 aromatic carbocycles. The summed E-state index contributed by atoms with van der Waals surface area (Å²) in [5, 5.41) is 27.1. The molecule has 41 heavy (non-hydrogen) atoms. The Hall–Kier alpha value is -4.72. The first kappa shape index (κ1) is 30.8. The number of carboxylic acids is 2. The number of imidazole rings is 1. The molecule has 3 rings (SSSR count). The second-order valence-electron chi connectivity index (χ2n) is 9.88. The molecule has 5 unspecified atom stereocenters. The van der Waals surface area contributed by atoms with E-state index in [0.717, 1.165) is 10.9 Å². The number of nitrogens with zero attached hydrogens (tertiary/aromatic N) is 1. The van der Waals surface area contributed by atoms with E-state index in [9.17, 15) is 29.1 Å². The summed E-state index contributed by atoms with van der Waals surface area (Å²) < 4.78 is 0. The van der Waals surface area contributed by atoms with Gasteiger partial charge in [-0.15, -0.1) is 0 Å². The summed E-state index contributed by atoms with van der Waals surface area (Å²) in [4.78, 5) is 72.4. The molecule has 0 aliphatic heterocycles. The van der Waals surface area contributed by atoms with Gasteiger partial charge in [0.2, 0.25) is 17.7 Å². The van der Waals surface area contributed by atoms with Gasteiger partial charge < -0.3 is 41.9 Å². The van der Waals surface area contributed by atoms with Gasteiger partial charge in [0.25, 0.3) is 0 Å². The number of carbonyl (C=O) groups excluding carboxylic acids is 3. The van der Waals surface area contributed by atoms with Crippen LogP contribution in [0.1, 0.15) is 37.9 Å². The van der Waals surface area contributed by atoms with Gasteiger partial charge in [-0.1, -0.05) is 38.5 Å². The van der Waals surface area contributed by atoms with Crippen LogP contribution in [0.2, 0.25) is 0 Å². The van der Waals surface area contributed by atoms with Crippen molar-refractivity contribution >= 4 is 40.6 Å². The summed E-state index contributed by atoms with van der Waals surface area (Å²) in [6.45, 7) is 3.48. The Labute approximate surface area is 235 Å². The third kappa shape index (κ3) is 8.38. The number of hydrogen-bond donors (Lipinski definition) is 8. The number of para-hydroxylation sites is 1. The lowest BCUT2D eigenvalue weighted by atomic mass is 9.98. The fourth-order valence-corrected chi connectivity index (χ4v) is 4.32. The molecule has 3 aromatic rings. The first-order valence-electron chi connectivity index (χ1n) is 13.1. The SMILES string of the molecule is CCC(C)C(NC(=O)C(Cc1cnc[nH]1)NC(=O)C(Cc1c[nH]c2ccccc12)NC(=O)C(N)CC(=O)O)C(=O)O. The molecular formula is C27H35N7O7. The highest BCUT2D eigenvalue weighted by atomic mass is 16.4. The summed E-state index contributed by atoms with van der Waals surface area (Å²) >= 11 is 0. The van der Waals surface area contributed by atoms with Gasteiger partial charge in [-0.25, -0.2) is 9.78 Å². The van der Waals surface area contributed by atoms with Crippen LogP contribution < -0.4 is 21.7 Å². The van der Waals surface area contributed by atoms with Crippen molar-refractivity contribution in [1.82, 2.24) is 30.9 Å². The van der Waals surface area contributed by atoms with E-state index >= 15 is 0 Å². The monoisotopic (exact) mass is 569 g/mol. The number of hydrogen-bond acceptors (Lipinski definition) is 7. The van der Waals surface area contributed by atoms with Crippen molar-refractivity contribution in [2.45, 2.75) is 63.7 Å². The zero-order valence-electron chi connectivity index (χ0n) is 22.7. The number of nitrogens with two attached hydrogens (primary N) is 1. The fourth-order valence-electron chi connectivity index (χ4n) is 4.32. The summed E-state index contributed by atoms with van der Waals surface area (Å²) in [5.41, 5.74) is 7.72. The van der Waals surface area contributed by atoms with Crippen LogP contribution in [-0.2, 0) is 36.8 Å². The molecule has 0 bridgehead atoms. The van der Waals surface area contributed by atoms with Gasteiger partial charge in [0.15, 0.2) is 0 Å². The summed E-state index contributed by atoms with van der Waals surface area (Å²) in [6, 6.07) is 2.25. The number of aromatic amines is 2. The van der Waals surface area contributed by atoms with Crippen LogP contribution in [-0.4, -0.2) is 79.0 Å². The number of aromatic nitrogens is 3. The minimum atomic E-state index is -1.42. The van der Waals surface area contributed by atoms with E-state index in [4.69, 9.17) is 10.8 Å². The first-order chi connectivity index (χ1) is 19.5. The average Bonchev–Trinajstić information content (AvgIpc) is 3.59. The fraction of sp³-hybridized carbons (Fsp3) is 0.407. The minimum absolute atomic E-state index is 0.00953. The predicted molar refractivity (Wildman–Crippen MR) is 147 cm³/mol. The lowest BCUT2D eigenvalue weighted by Crippen LogP contribution is -2.58. The van der Waals surface area contributed by atoms with E-state index in [1.165, 1.54) is 12.5 Å². The van der Waals surface area contributed by atoms with Crippen LogP contribution in [0, 0.1) is 5.92 Å². The quantitative estimate of drug-likeness (QED) is 0.123. The molecule has 0 aliphatic carbocycles. The molecule has 0 spiro atoms. The Bertz CT molecular complexity index is 1370. The standard InChI is InChI=1S/C27H35N7O7/c1-3-14(2)23(27(40)41)34-26(39)21(9-16-12-29-13-31-16)33-25(38)20(32-24(37)18(28)10-22(35)36)8-15-11-30-19-7-5-4-6-17(15)19/h4-7,11-14,18,20-21,23,30H,3,8-10,28H2,1-2H3,(H,29,31)(H,32,37)(H,33,38)(H,34,39)(H,35,36)(H,40,41). The van der Waals surface area contributed by atoms with Crippen molar-refractivity contribution in [3.8, 4) is 0 Å². The minimum Gasteiger partial charge on any atom is -0.481 e. The number of fused-ring (bicyclic) bond motifs is 1. The van der Waals surface area contributed by atoms with E-state index in [2.05, 4.69) is 30.9 Å². The van der Waals surface area contributed by atoms with E-state index in [0.29, 0.717) is 17.7 Å². The van der Waals surface area contributed by atoms with Crippen molar-refractivity contribution in [1.29, 1.82) is 0 Å². The van der Waals surface area contributed by atoms with Gasteiger partial charge >= 0.3 is 11.9 Å². The van der Waals surface area contributed by atoms with Gasteiger partial charge in [-0.05, 0) is 17.5 Å². The second kappa shape index (κ2) is 14.1. The van der Waals surface area contributed by atoms with E-state index in [1.807, 2.05) is 24.3 Å². The Kier molecular flexibility index (Phi) is 10.6. The van der Waals surface area contributed by atoms with Crippen LogP contribution in [0.3, 0.4) is 0 Å². The van der Waals surface area contributed by atoms with Crippen LogP contribution in [0.5, 0.6) is 0 Å². The van der Waals surface area contributed by atoms with Crippen molar-refractivity contribution in [3.05, 3.63) is 54.2 Å². The van der Waals surface area contributed by atoms with Gasteiger partial charge in [0, 0.05) is 41.8 Å². The highest BCUT2D eigenvalue weighted by Gasteiger charge is 2.33. The summed E-state index contributed by atoms with van der Waals surface area (Å²) in [6.07, 6.45) is 4.34. The number of nitrogens with one attached hydrogen (secondary N) is 5. The van der Waals surface area contributed by atoms with Crippen LogP contribution in [0.15, 0.2) is 43.0 Å². The highest BCUT2D eigenvalue weighted by molar-refractivity contribution is 5.95. The maximum Gasteiger partial charge on any atom is 0.326 e. The molecule has 9 N–H and O–H groups in total. The third-order valence-corrected chi connectivity index (χ3v) is 6.85. The van der Waals surface area contributed by atoms with E-state index in [-0.39, 0.29) is 18.8 Å². The van der Waals surface area contributed by atoms with Crippen LogP contribution in [0.25, 0.3) is 10.9 Å². The second-order valence-corrected chi connectivity index (χ2v) is 9.88. The van der Waals surface area contributed by atoms with Gasteiger partial charge in [0.1, 0.15) is 18.1 Å². The maximum absolute atomic E-state index is 13.6. The summed E-state index contributed by atoms with van der Waals surface area (Å²) in [7, 11) is 0. The average molecular weight is 570 g/mol. The molecule has 2 aromatic heterocycles. The molecule has 0 saturated carbocycles. The van der Waals surface area contributed by atoms with E-state index in [1.54, 1.807) is 20.0 Å². The number of H-pyrrole nitrogens is 2. The zero-order chi connectivity index (χ0) is 30.1. The molecule has 0 saturated heterocycles. The zero-order valence-corrected chi connectivity index (χ0v) is 22.7. The molecule has 14 nitrogen and oxygen atoms in total. The first-order valence-corrected chi connectivity index (χ1v) is 13.1. The highest BCUT2D eigenvalue weighted by Crippen LogP contribution is 2.19. The molecular weight excluding hydrogens is 534 g/mol. The number of benzene rings is 1. The molecule has 5 atom stereocenters.